The van der Waals surface area contributed by atoms with Gasteiger partial charge in [0.2, 0.25) is 0 Å². The fourth-order valence-corrected chi connectivity index (χ4v) is 1.60. The van der Waals surface area contributed by atoms with Gasteiger partial charge in [-0.15, -0.1) is 0 Å². The highest BCUT2D eigenvalue weighted by atomic mass is 16.4. The highest BCUT2D eigenvalue weighted by molar-refractivity contribution is 5.67. The van der Waals surface area contributed by atoms with Crippen LogP contribution in [0.3, 0.4) is 0 Å². The molecule has 0 saturated heterocycles. The van der Waals surface area contributed by atoms with E-state index in [1.54, 1.807) is 0 Å². The maximum Gasteiger partial charge on any atom is 0.303 e. The second kappa shape index (κ2) is 5.51. The molecule has 82 valence electrons. The van der Waals surface area contributed by atoms with Gasteiger partial charge < -0.3 is 10.8 Å². The Morgan fingerprint density at radius 2 is 2.13 bits per heavy atom. The molecule has 0 aliphatic heterocycles. The molecule has 3 nitrogen and oxygen atoms in total. The summed E-state index contributed by atoms with van der Waals surface area (Å²) in [6, 6.07) is 6.12. The van der Waals surface area contributed by atoms with E-state index in [1.807, 2.05) is 19.1 Å². The summed E-state index contributed by atoms with van der Waals surface area (Å²) in [5.74, 6) is -0.750. The summed E-state index contributed by atoms with van der Waals surface area (Å²) in [6.45, 7) is 2.66. The van der Waals surface area contributed by atoms with Gasteiger partial charge in [-0.3, -0.25) is 4.79 Å². The van der Waals surface area contributed by atoms with Gasteiger partial charge in [0, 0.05) is 6.42 Å². The zero-order valence-electron chi connectivity index (χ0n) is 8.99. The Hall–Kier alpha value is -1.35. The second-order valence-corrected chi connectivity index (χ2v) is 3.69. The van der Waals surface area contributed by atoms with E-state index in [9.17, 15) is 4.79 Å². The summed E-state index contributed by atoms with van der Waals surface area (Å²) in [5.41, 5.74) is 8.95. The Kier molecular flexibility index (Phi) is 4.31. The van der Waals surface area contributed by atoms with Crippen LogP contribution in [0.1, 0.15) is 23.1 Å². The minimum absolute atomic E-state index is 0.192. The zero-order valence-corrected chi connectivity index (χ0v) is 8.99. The van der Waals surface area contributed by atoms with Crippen LogP contribution in [0.25, 0.3) is 0 Å². The normalized spacial score (nSPS) is 10.3. The molecule has 3 N–H and O–H groups in total. The number of hydrogen-bond donors (Lipinski definition) is 2. The molecule has 1 aromatic rings. The molecule has 1 rings (SSSR count). The summed E-state index contributed by atoms with van der Waals surface area (Å²) in [5, 5.41) is 8.59. The largest absolute Gasteiger partial charge is 0.481 e. The van der Waals surface area contributed by atoms with E-state index in [1.165, 1.54) is 5.56 Å². The van der Waals surface area contributed by atoms with Gasteiger partial charge in [0.05, 0.1) is 0 Å². The molecule has 0 saturated carbocycles. The van der Waals surface area contributed by atoms with Crippen molar-refractivity contribution in [2.24, 2.45) is 5.73 Å². The molecule has 0 aliphatic rings. The number of carboxylic acid groups (broad SMARTS) is 1. The van der Waals surface area contributed by atoms with Crippen LogP contribution in [0.2, 0.25) is 0 Å². The average Bonchev–Trinajstić information content (AvgIpc) is 2.17. The zero-order chi connectivity index (χ0) is 11.3. The Bertz CT molecular complexity index is 347. The van der Waals surface area contributed by atoms with E-state index in [2.05, 4.69) is 6.07 Å². The number of aryl methyl sites for hydroxylation is 2. The van der Waals surface area contributed by atoms with Crippen LogP contribution in [0.15, 0.2) is 18.2 Å². The van der Waals surface area contributed by atoms with E-state index < -0.39 is 5.97 Å². The lowest BCUT2D eigenvalue weighted by Gasteiger charge is -2.06. The quantitative estimate of drug-likeness (QED) is 0.769. The van der Waals surface area contributed by atoms with Crippen LogP contribution in [0.4, 0.5) is 0 Å². The van der Waals surface area contributed by atoms with Crippen LogP contribution < -0.4 is 5.73 Å². The third-order valence-electron chi connectivity index (χ3n) is 2.45. The van der Waals surface area contributed by atoms with Crippen molar-refractivity contribution in [2.45, 2.75) is 26.2 Å². The molecule has 0 atom stereocenters. The smallest absolute Gasteiger partial charge is 0.303 e. The van der Waals surface area contributed by atoms with Crippen LogP contribution >= 0.6 is 0 Å². The number of nitrogens with two attached hydrogens (primary N) is 1. The first-order valence-electron chi connectivity index (χ1n) is 5.13. The minimum atomic E-state index is -0.750. The minimum Gasteiger partial charge on any atom is -0.481 e. The SMILES string of the molecule is Cc1cc(CCN)ccc1CCC(=O)O. The van der Waals surface area contributed by atoms with Gasteiger partial charge in [-0.05, 0) is 43.0 Å². The lowest BCUT2D eigenvalue weighted by Crippen LogP contribution is -2.04. The summed E-state index contributed by atoms with van der Waals surface area (Å²) < 4.78 is 0. The Balaban J connectivity index is 2.70. The van der Waals surface area contributed by atoms with Gasteiger partial charge in [-0.25, -0.2) is 0 Å². The van der Waals surface area contributed by atoms with Crippen LogP contribution in [0.5, 0.6) is 0 Å². The lowest BCUT2D eigenvalue weighted by atomic mass is 10.00. The molecule has 0 fully saturated rings. The monoisotopic (exact) mass is 207 g/mol. The predicted octanol–water partition coefficient (Wildman–Crippen LogP) is 1.51. The molecule has 0 bridgehead atoms. The fourth-order valence-electron chi connectivity index (χ4n) is 1.60. The van der Waals surface area contributed by atoms with Crippen molar-refractivity contribution in [3.05, 3.63) is 34.9 Å². The third kappa shape index (κ3) is 3.72. The highest BCUT2D eigenvalue weighted by Crippen LogP contribution is 2.13. The Morgan fingerprint density at radius 1 is 1.40 bits per heavy atom. The number of benzene rings is 1. The molecular weight excluding hydrogens is 190 g/mol. The molecule has 15 heavy (non-hydrogen) atoms. The molecule has 0 spiro atoms. The van der Waals surface area contributed by atoms with Crippen molar-refractivity contribution in [1.29, 1.82) is 0 Å². The van der Waals surface area contributed by atoms with E-state index in [4.69, 9.17) is 10.8 Å². The number of carbonyl (C=O) groups is 1. The van der Waals surface area contributed by atoms with Gasteiger partial charge in [-0.1, -0.05) is 18.2 Å². The second-order valence-electron chi connectivity index (χ2n) is 3.69. The summed E-state index contributed by atoms with van der Waals surface area (Å²) in [7, 11) is 0. The molecular formula is C12H17NO2. The van der Waals surface area contributed by atoms with Crippen molar-refractivity contribution in [1.82, 2.24) is 0 Å². The van der Waals surface area contributed by atoms with E-state index >= 15 is 0 Å². The maximum atomic E-state index is 10.4. The van der Waals surface area contributed by atoms with Crippen molar-refractivity contribution >= 4 is 5.97 Å². The van der Waals surface area contributed by atoms with E-state index in [-0.39, 0.29) is 6.42 Å². The van der Waals surface area contributed by atoms with E-state index in [0.717, 1.165) is 17.5 Å². The standard InChI is InChI=1S/C12H17NO2/c1-9-8-10(6-7-13)2-3-11(9)4-5-12(14)15/h2-3,8H,4-7,13H2,1H3,(H,14,15). The molecule has 0 amide bonds. The lowest BCUT2D eigenvalue weighted by molar-refractivity contribution is -0.136. The van der Waals surface area contributed by atoms with Crippen LogP contribution in [0, 0.1) is 6.92 Å². The van der Waals surface area contributed by atoms with Gasteiger partial charge in [0.1, 0.15) is 0 Å². The van der Waals surface area contributed by atoms with Crippen molar-refractivity contribution in [3.8, 4) is 0 Å². The number of aliphatic carboxylic acids is 1. The average molecular weight is 207 g/mol. The molecule has 0 heterocycles. The third-order valence-corrected chi connectivity index (χ3v) is 2.45. The van der Waals surface area contributed by atoms with Crippen molar-refractivity contribution in [2.75, 3.05) is 6.54 Å². The fraction of sp³-hybridized carbons (Fsp3) is 0.417. The topological polar surface area (TPSA) is 63.3 Å². The first-order chi connectivity index (χ1) is 7.13. The molecule has 0 unspecified atom stereocenters. The summed E-state index contributed by atoms with van der Waals surface area (Å²) in [6.07, 6.45) is 1.67. The number of carboxylic acids is 1. The van der Waals surface area contributed by atoms with Crippen LogP contribution in [-0.4, -0.2) is 17.6 Å². The number of rotatable bonds is 5. The van der Waals surface area contributed by atoms with Gasteiger partial charge >= 0.3 is 5.97 Å². The maximum absolute atomic E-state index is 10.4. The van der Waals surface area contributed by atoms with Gasteiger partial charge in [0.25, 0.3) is 0 Å². The summed E-state index contributed by atoms with van der Waals surface area (Å²) >= 11 is 0. The Labute approximate surface area is 89.9 Å². The molecule has 0 radical (unpaired) electrons. The summed E-state index contributed by atoms with van der Waals surface area (Å²) in [4.78, 5) is 10.4. The van der Waals surface area contributed by atoms with Gasteiger partial charge in [-0.2, -0.15) is 0 Å². The van der Waals surface area contributed by atoms with Gasteiger partial charge in [0.15, 0.2) is 0 Å². The van der Waals surface area contributed by atoms with Crippen molar-refractivity contribution < 1.29 is 9.90 Å². The molecule has 0 aromatic heterocycles. The van der Waals surface area contributed by atoms with Crippen molar-refractivity contribution in [3.63, 3.8) is 0 Å². The van der Waals surface area contributed by atoms with E-state index in [0.29, 0.717) is 13.0 Å². The first-order valence-corrected chi connectivity index (χ1v) is 5.13. The first kappa shape index (κ1) is 11.7. The Morgan fingerprint density at radius 3 is 2.67 bits per heavy atom. The number of hydrogen-bond acceptors (Lipinski definition) is 2. The molecule has 3 heteroatoms. The molecule has 0 aliphatic carbocycles. The van der Waals surface area contributed by atoms with Crippen LogP contribution in [-0.2, 0) is 17.6 Å². The highest BCUT2D eigenvalue weighted by Gasteiger charge is 2.03. The predicted molar refractivity (Wildman–Crippen MR) is 59.9 cm³/mol. The molecule has 1 aromatic carbocycles.